The number of hydrogen-bond donors (Lipinski definition) is 1. The van der Waals surface area contributed by atoms with Gasteiger partial charge in [0.25, 0.3) is 0 Å². The standard InChI is InChI=1S/C17H22N2OS/c18-13-14-7-4-5-10-16(14)19-17(20)11-6-12-21-15-8-2-1-3-9-15/h4-5,7,10,15H,1-3,6,8-9,11-12H2,(H,19,20). The number of amides is 1. The smallest absolute Gasteiger partial charge is 0.224 e. The van der Waals surface area contributed by atoms with Crippen LogP contribution in [-0.2, 0) is 4.79 Å². The molecule has 4 heteroatoms. The molecule has 1 amide bonds. The Morgan fingerprint density at radius 2 is 2.05 bits per heavy atom. The van der Waals surface area contributed by atoms with E-state index in [9.17, 15) is 4.79 Å². The van der Waals surface area contributed by atoms with Crippen LogP contribution in [0.1, 0.15) is 50.5 Å². The van der Waals surface area contributed by atoms with Crippen LogP contribution in [-0.4, -0.2) is 16.9 Å². The molecule has 1 N–H and O–H groups in total. The number of thioether (sulfide) groups is 1. The Labute approximate surface area is 131 Å². The summed E-state index contributed by atoms with van der Waals surface area (Å²) in [4.78, 5) is 11.9. The fourth-order valence-corrected chi connectivity index (χ4v) is 3.93. The lowest BCUT2D eigenvalue weighted by atomic mass is 10.0. The Kier molecular flexibility index (Phi) is 6.62. The third-order valence-electron chi connectivity index (χ3n) is 3.78. The highest BCUT2D eigenvalue weighted by Gasteiger charge is 2.13. The van der Waals surface area contributed by atoms with Gasteiger partial charge < -0.3 is 5.32 Å². The number of hydrogen-bond acceptors (Lipinski definition) is 3. The number of rotatable bonds is 6. The molecule has 0 saturated heterocycles. The highest BCUT2D eigenvalue weighted by molar-refractivity contribution is 7.99. The van der Waals surface area contributed by atoms with Crippen molar-refractivity contribution in [2.45, 2.75) is 50.2 Å². The summed E-state index contributed by atoms with van der Waals surface area (Å²) < 4.78 is 0. The number of anilines is 1. The fourth-order valence-electron chi connectivity index (χ4n) is 2.62. The molecule has 0 heterocycles. The molecule has 1 saturated carbocycles. The van der Waals surface area contributed by atoms with Crippen molar-refractivity contribution < 1.29 is 4.79 Å². The third-order valence-corrected chi connectivity index (χ3v) is 5.24. The van der Waals surface area contributed by atoms with E-state index in [1.54, 1.807) is 18.2 Å². The van der Waals surface area contributed by atoms with Gasteiger partial charge in [-0.1, -0.05) is 31.4 Å². The van der Waals surface area contributed by atoms with Crippen molar-refractivity contribution in [2.75, 3.05) is 11.1 Å². The van der Waals surface area contributed by atoms with E-state index in [0.717, 1.165) is 17.4 Å². The summed E-state index contributed by atoms with van der Waals surface area (Å²) >= 11 is 2.02. The lowest BCUT2D eigenvalue weighted by molar-refractivity contribution is -0.116. The zero-order valence-corrected chi connectivity index (χ0v) is 13.1. The van der Waals surface area contributed by atoms with E-state index in [1.807, 2.05) is 17.8 Å². The Bertz CT molecular complexity index is 504. The zero-order valence-electron chi connectivity index (χ0n) is 12.3. The largest absolute Gasteiger partial charge is 0.325 e. The van der Waals surface area contributed by atoms with E-state index in [1.165, 1.54) is 32.1 Å². The maximum Gasteiger partial charge on any atom is 0.224 e. The minimum absolute atomic E-state index is 0.00180. The molecule has 0 radical (unpaired) electrons. The van der Waals surface area contributed by atoms with Crippen LogP contribution in [0.3, 0.4) is 0 Å². The monoisotopic (exact) mass is 302 g/mol. The van der Waals surface area contributed by atoms with Gasteiger partial charge in [0.2, 0.25) is 5.91 Å². The third kappa shape index (κ3) is 5.43. The van der Waals surface area contributed by atoms with Gasteiger partial charge in [-0.3, -0.25) is 4.79 Å². The SMILES string of the molecule is N#Cc1ccccc1NC(=O)CCCSC1CCCCC1. The number of carbonyl (C=O) groups is 1. The van der Waals surface area contributed by atoms with E-state index in [-0.39, 0.29) is 5.91 Å². The van der Waals surface area contributed by atoms with Crippen LogP contribution in [0.2, 0.25) is 0 Å². The summed E-state index contributed by atoms with van der Waals surface area (Å²) in [6.45, 7) is 0. The maximum absolute atomic E-state index is 11.9. The molecule has 3 nitrogen and oxygen atoms in total. The summed E-state index contributed by atoms with van der Waals surface area (Å²) in [5, 5.41) is 12.6. The summed E-state index contributed by atoms with van der Waals surface area (Å²) in [6.07, 6.45) is 8.23. The number of para-hydroxylation sites is 1. The molecule has 0 aliphatic heterocycles. The second-order valence-electron chi connectivity index (χ2n) is 5.44. The van der Waals surface area contributed by atoms with Crippen LogP contribution in [0.25, 0.3) is 0 Å². The molecule has 0 bridgehead atoms. The lowest BCUT2D eigenvalue weighted by Gasteiger charge is -2.20. The number of benzene rings is 1. The minimum Gasteiger partial charge on any atom is -0.325 e. The summed E-state index contributed by atoms with van der Waals surface area (Å²) in [6, 6.07) is 9.21. The van der Waals surface area contributed by atoms with Crippen molar-refractivity contribution in [2.24, 2.45) is 0 Å². The van der Waals surface area contributed by atoms with E-state index < -0.39 is 0 Å². The topological polar surface area (TPSA) is 52.9 Å². The molecule has 0 atom stereocenters. The highest BCUT2D eigenvalue weighted by atomic mass is 32.2. The van der Waals surface area contributed by atoms with Crippen molar-refractivity contribution in [1.29, 1.82) is 5.26 Å². The van der Waals surface area contributed by atoms with Crippen molar-refractivity contribution in [3.8, 4) is 6.07 Å². The number of nitrogens with zero attached hydrogens (tertiary/aromatic N) is 1. The highest BCUT2D eigenvalue weighted by Crippen LogP contribution is 2.28. The Morgan fingerprint density at radius 3 is 2.81 bits per heavy atom. The second-order valence-corrected chi connectivity index (χ2v) is 6.85. The molecule has 0 aromatic heterocycles. The normalized spacial score (nSPS) is 15.4. The van der Waals surface area contributed by atoms with Crippen molar-refractivity contribution in [3.05, 3.63) is 29.8 Å². The summed E-state index contributed by atoms with van der Waals surface area (Å²) in [7, 11) is 0. The Morgan fingerprint density at radius 1 is 1.29 bits per heavy atom. The molecular weight excluding hydrogens is 280 g/mol. The molecule has 1 fully saturated rings. The van der Waals surface area contributed by atoms with Gasteiger partial charge in [0.15, 0.2) is 0 Å². The van der Waals surface area contributed by atoms with Crippen LogP contribution >= 0.6 is 11.8 Å². The quantitative estimate of drug-likeness (QED) is 0.795. The molecule has 1 aliphatic rings. The molecule has 112 valence electrons. The van der Waals surface area contributed by atoms with E-state index in [4.69, 9.17) is 5.26 Å². The molecular formula is C17H22N2OS. The van der Waals surface area contributed by atoms with Gasteiger partial charge in [0, 0.05) is 11.7 Å². The average Bonchev–Trinajstić information content (AvgIpc) is 2.53. The molecule has 0 spiro atoms. The van der Waals surface area contributed by atoms with Crippen LogP contribution < -0.4 is 5.32 Å². The van der Waals surface area contributed by atoms with Gasteiger partial charge in [-0.05, 0) is 37.1 Å². The zero-order chi connectivity index (χ0) is 14.9. The first kappa shape index (κ1) is 15.9. The van der Waals surface area contributed by atoms with Crippen LogP contribution in [0, 0.1) is 11.3 Å². The van der Waals surface area contributed by atoms with Gasteiger partial charge in [-0.15, -0.1) is 0 Å². The van der Waals surface area contributed by atoms with Gasteiger partial charge >= 0.3 is 0 Å². The first-order valence-electron chi connectivity index (χ1n) is 7.70. The lowest BCUT2D eigenvalue weighted by Crippen LogP contribution is -2.13. The van der Waals surface area contributed by atoms with Crippen LogP contribution in [0.5, 0.6) is 0 Å². The van der Waals surface area contributed by atoms with Crippen LogP contribution in [0.4, 0.5) is 5.69 Å². The fraction of sp³-hybridized carbons (Fsp3) is 0.529. The number of nitrogens with one attached hydrogen (secondary N) is 1. The minimum atomic E-state index is 0.00180. The predicted octanol–water partition coefficient (Wildman–Crippen LogP) is 4.34. The molecule has 0 unspecified atom stereocenters. The van der Waals surface area contributed by atoms with Crippen LogP contribution in [0.15, 0.2) is 24.3 Å². The molecule has 1 aromatic carbocycles. The number of carbonyl (C=O) groups excluding carboxylic acids is 1. The molecule has 1 aromatic rings. The predicted molar refractivity (Wildman–Crippen MR) is 88.4 cm³/mol. The average molecular weight is 302 g/mol. The second kappa shape index (κ2) is 8.74. The van der Waals surface area contributed by atoms with E-state index in [0.29, 0.717) is 17.7 Å². The van der Waals surface area contributed by atoms with E-state index >= 15 is 0 Å². The first-order valence-corrected chi connectivity index (χ1v) is 8.75. The Balaban J connectivity index is 1.66. The van der Waals surface area contributed by atoms with Gasteiger partial charge in [0.05, 0.1) is 11.3 Å². The molecule has 1 aliphatic carbocycles. The maximum atomic E-state index is 11.9. The Hall–Kier alpha value is -1.47. The van der Waals surface area contributed by atoms with Crippen molar-refractivity contribution in [3.63, 3.8) is 0 Å². The van der Waals surface area contributed by atoms with Gasteiger partial charge in [0.1, 0.15) is 6.07 Å². The van der Waals surface area contributed by atoms with Gasteiger partial charge in [-0.25, -0.2) is 0 Å². The summed E-state index contributed by atoms with van der Waals surface area (Å²) in [5.74, 6) is 1.06. The van der Waals surface area contributed by atoms with Crippen molar-refractivity contribution in [1.82, 2.24) is 0 Å². The molecule has 21 heavy (non-hydrogen) atoms. The van der Waals surface area contributed by atoms with E-state index in [2.05, 4.69) is 11.4 Å². The van der Waals surface area contributed by atoms with Crippen molar-refractivity contribution >= 4 is 23.4 Å². The first-order chi connectivity index (χ1) is 10.3. The molecule has 2 rings (SSSR count). The number of nitriles is 1. The summed E-state index contributed by atoms with van der Waals surface area (Å²) in [5.41, 5.74) is 1.13. The van der Waals surface area contributed by atoms with Gasteiger partial charge in [-0.2, -0.15) is 17.0 Å².